The zero-order valence-electron chi connectivity index (χ0n) is 15.6. The van der Waals surface area contributed by atoms with Crippen molar-refractivity contribution >= 4 is 47.4 Å². The summed E-state index contributed by atoms with van der Waals surface area (Å²) in [6.07, 6.45) is 6.43. The molecular formula is C19H30ClIN4O. The van der Waals surface area contributed by atoms with E-state index in [1.54, 1.807) is 7.05 Å². The minimum atomic E-state index is 0. The lowest BCUT2D eigenvalue weighted by atomic mass is 9.95. The van der Waals surface area contributed by atoms with E-state index < -0.39 is 0 Å². The monoisotopic (exact) mass is 492 g/mol. The quantitative estimate of drug-likeness (QED) is 0.361. The summed E-state index contributed by atoms with van der Waals surface area (Å²) in [5, 5.41) is 7.12. The van der Waals surface area contributed by atoms with Gasteiger partial charge in [0.1, 0.15) is 0 Å². The second-order valence-electron chi connectivity index (χ2n) is 6.61. The Morgan fingerprint density at radius 1 is 1.31 bits per heavy atom. The largest absolute Gasteiger partial charge is 0.356 e. The number of hydrogen-bond acceptors (Lipinski definition) is 2. The number of carbonyl (C=O) groups is 1. The molecule has 2 N–H and O–H groups in total. The zero-order valence-corrected chi connectivity index (χ0v) is 18.7. The molecule has 1 aliphatic carbocycles. The first-order valence-electron chi connectivity index (χ1n) is 9.04. The second-order valence-corrected chi connectivity index (χ2v) is 7.05. The Morgan fingerprint density at radius 3 is 2.69 bits per heavy atom. The zero-order chi connectivity index (χ0) is 18.1. The van der Waals surface area contributed by atoms with Crippen LogP contribution in [0.25, 0.3) is 0 Å². The van der Waals surface area contributed by atoms with E-state index in [4.69, 9.17) is 11.6 Å². The number of guanidine groups is 1. The van der Waals surface area contributed by atoms with Crippen LogP contribution in [0.5, 0.6) is 0 Å². The van der Waals surface area contributed by atoms with E-state index in [1.165, 1.54) is 19.3 Å². The average Bonchev–Trinajstić information content (AvgIpc) is 2.59. The molecule has 5 nitrogen and oxygen atoms in total. The maximum absolute atomic E-state index is 12.1. The fourth-order valence-electron chi connectivity index (χ4n) is 3.20. The third kappa shape index (κ3) is 8.12. The number of carbonyl (C=O) groups excluding carboxylic acids is 1. The molecular weight excluding hydrogens is 463 g/mol. The van der Waals surface area contributed by atoms with Crippen molar-refractivity contribution in [3.63, 3.8) is 0 Å². The minimum absolute atomic E-state index is 0. The number of benzene rings is 1. The van der Waals surface area contributed by atoms with Crippen LogP contribution in [-0.4, -0.2) is 43.4 Å². The SMILES string of the molecule is CN=C(NCCC(=O)NC1CCCCC1)N(C)Cc1cccc(Cl)c1.I. The Bertz CT molecular complexity index is 591. The van der Waals surface area contributed by atoms with Gasteiger partial charge in [-0.2, -0.15) is 0 Å². The highest BCUT2D eigenvalue weighted by molar-refractivity contribution is 14.0. The van der Waals surface area contributed by atoms with Crippen molar-refractivity contribution in [2.75, 3.05) is 20.6 Å². The van der Waals surface area contributed by atoms with E-state index in [1.807, 2.05) is 36.2 Å². The molecule has 0 unspecified atom stereocenters. The molecule has 1 amide bonds. The molecule has 0 aliphatic heterocycles. The van der Waals surface area contributed by atoms with Crippen molar-refractivity contribution in [3.05, 3.63) is 34.9 Å². The number of aliphatic imine (C=N–C) groups is 1. The first-order chi connectivity index (χ1) is 12.1. The summed E-state index contributed by atoms with van der Waals surface area (Å²) in [6, 6.07) is 8.16. The smallest absolute Gasteiger partial charge is 0.221 e. The molecule has 1 aromatic carbocycles. The molecule has 1 fully saturated rings. The van der Waals surface area contributed by atoms with Crippen LogP contribution < -0.4 is 10.6 Å². The van der Waals surface area contributed by atoms with Crippen molar-refractivity contribution in [2.45, 2.75) is 51.1 Å². The number of hydrogen-bond donors (Lipinski definition) is 2. The lowest BCUT2D eigenvalue weighted by Gasteiger charge is -2.24. The first-order valence-corrected chi connectivity index (χ1v) is 9.42. The van der Waals surface area contributed by atoms with E-state index in [0.717, 1.165) is 29.4 Å². The summed E-state index contributed by atoms with van der Waals surface area (Å²) in [4.78, 5) is 18.4. The van der Waals surface area contributed by atoms with Crippen LogP contribution in [0.3, 0.4) is 0 Å². The molecule has 2 rings (SSSR count). The van der Waals surface area contributed by atoms with Gasteiger partial charge < -0.3 is 15.5 Å². The van der Waals surface area contributed by atoms with Gasteiger partial charge in [-0.05, 0) is 30.5 Å². The fourth-order valence-corrected chi connectivity index (χ4v) is 3.42. The normalized spacial score (nSPS) is 15.1. The van der Waals surface area contributed by atoms with Crippen LogP contribution in [0.4, 0.5) is 0 Å². The Hall–Kier alpha value is -1.02. The molecule has 1 aliphatic rings. The number of nitrogens with zero attached hydrogens (tertiary/aromatic N) is 2. The Balaban J connectivity index is 0.00000338. The molecule has 0 heterocycles. The first kappa shape index (κ1) is 23.0. The van der Waals surface area contributed by atoms with Gasteiger partial charge in [0.15, 0.2) is 5.96 Å². The fraction of sp³-hybridized carbons (Fsp3) is 0.579. The van der Waals surface area contributed by atoms with Gasteiger partial charge in [-0.25, -0.2) is 0 Å². The Labute approximate surface area is 179 Å². The van der Waals surface area contributed by atoms with Crippen LogP contribution in [0.2, 0.25) is 5.02 Å². The van der Waals surface area contributed by atoms with Gasteiger partial charge in [0.05, 0.1) is 0 Å². The van der Waals surface area contributed by atoms with Crippen molar-refractivity contribution in [2.24, 2.45) is 4.99 Å². The van der Waals surface area contributed by atoms with E-state index >= 15 is 0 Å². The number of halogens is 2. The maximum Gasteiger partial charge on any atom is 0.221 e. The summed E-state index contributed by atoms with van der Waals surface area (Å²) < 4.78 is 0. The summed E-state index contributed by atoms with van der Waals surface area (Å²) >= 11 is 6.03. The Morgan fingerprint density at radius 2 is 2.04 bits per heavy atom. The van der Waals surface area contributed by atoms with Crippen LogP contribution in [0.1, 0.15) is 44.1 Å². The summed E-state index contributed by atoms with van der Waals surface area (Å²) in [5.74, 6) is 0.887. The second kappa shape index (κ2) is 12.4. The topological polar surface area (TPSA) is 56.7 Å². The van der Waals surface area contributed by atoms with Crippen LogP contribution in [-0.2, 0) is 11.3 Å². The molecule has 1 aromatic rings. The van der Waals surface area contributed by atoms with Crippen molar-refractivity contribution < 1.29 is 4.79 Å². The molecule has 26 heavy (non-hydrogen) atoms. The predicted molar refractivity (Wildman–Crippen MR) is 119 cm³/mol. The number of amides is 1. The molecule has 0 atom stereocenters. The van der Waals surface area contributed by atoms with Crippen LogP contribution in [0.15, 0.2) is 29.3 Å². The third-order valence-corrected chi connectivity index (χ3v) is 4.72. The van der Waals surface area contributed by atoms with Gasteiger partial charge in [0.25, 0.3) is 0 Å². The standard InChI is InChI=1S/C19H29ClN4O.HI/c1-21-19(24(2)14-15-7-6-8-16(20)13-15)22-12-11-18(25)23-17-9-4-3-5-10-17;/h6-8,13,17H,3-5,9-12,14H2,1-2H3,(H,21,22)(H,23,25);1H. The van der Waals surface area contributed by atoms with Gasteiger partial charge in [-0.15, -0.1) is 24.0 Å². The molecule has 0 bridgehead atoms. The van der Waals surface area contributed by atoms with E-state index in [0.29, 0.717) is 25.6 Å². The van der Waals surface area contributed by atoms with Gasteiger partial charge in [-0.1, -0.05) is 43.0 Å². The van der Waals surface area contributed by atoms with Gasteiger partial charge >= 0.3 is 0 Å². The van der Waals surface area contributed by atoms with E-state index in [-0.39, 0.29) is 29.9 Å². The highest BCUT2D eigenvalue weighted by Crippen LogP contribution is 2.17. The minimum Gasteiger partial charge on any atom is -0.356 e. The third-order valence-electron chi connectivity index (χ3n) is 4.49. The highest BCUT2D eigenvalue weighted by Gasteiger charge is 2.15. The molecule has 0 saturated heterocycles. The van der Waals surface area contributed by atoms with Crippen LogP contribution >= 0.6 is 35.6 Å². The summed E-state index contributed by atoms with van der Waals surface area (Å²) in [5.41, 5.74) is 1.12. The average molecular weight is 493 g/mol. The van der Waals surface area contributed by atoms with Crippen molar-refractivity contribution in [1.82, 2.24) is 15.5 Å². The number of rotatable bonds is 6. The van der Waals surface area contributed by atoms with E-state index in [9.17, 15) is 4.79 Å². The van der Waals surface area contributed by atoms with Gasteiger partial charge in [0, 0.05) is 44.7 Å². The predicted octanol–water partition coefficient (Wildman–Crippen LogP) is 3.80. The molecule has 146 valence electrons. The van der Waals surface area contributed by atoms with Gasteiger partial charge in [0.2, 0.25) is 5.91 Å². The number of nitrogens with one attached hydrogen (secondary N) is 2. The van der Waals surface area contributed by atoms with Crippen molar-refractivity contribution in [3.8, 4) is 0 Å². The van der Waals surface area contributed by atoms with Crippen LogP contribution in [0, 0.1) is 0 Å². The van der Waals surface area contributed by atoms with E-state index in [2.05, 4.69) is 15.6 Å². The van der Waals surface area contributed by atoms with Crippen molar-refractivity contribution in [1.29, 1.82) is 0 Å². The molecule has 0 aromatic heterocycles. The lowest BCUT2D eigenvalue weighted by Crippen LogP contribution is -2.41. The highest BCUT2D eigenvalue weighted by atomic mass is 127. The molecule has 0 radical (unpaired) electrons. The Kier molecular flexibility index (Phi) is 11.0. The summed E-state index contributed by atoms with van der Waals surface area (Å²) in [7, 11) is 3.72. The maximum atomic E-state index is 12.1. The van der Waals surface area contributed by atoms with Gasteiger partial charge in [-0.3, -0.25) is 9.79 Å². The molecule has 0 spiro atoms. The molecule has 1 saturated carbocycles. The summed E-state index contributed by atoms with van der Waals surface area (Å²) in [6.45, 7) is 1.28. The lowest BCUT2D eigenvalue weighted by molar-refractivity contribution is -0.121. The molecule has 7 heteroatoms.